The van der Waals surface area contributed by atoms with E-state index < -0.39 is 0 Å². The highest BCUT2D eigenvalue weighted by molar-refractivity contribution is 5.95. The van der Waals surface area contributed by atoms with Crippen molar-refractivity contribution in [3.8, 4) is 17.0 Å². The molecule has 8 heteroatoms. The maximum atomic E-state index is 13.2. The van der Waals surface area contributed by atoms with Crippen LogP contribution < -0.4 is 10.1 Å². The average molecular weight is 510 g/mol. The number of pyridine rings is 1. The van der Waals surface area contributed by atoms with Gasteiger partial charge in [-0.05, 0) is 74.4 Å². The van der Waals surface area contributed by atoms with Gasteiger partial charge in [-0.15, -0.1) is 5.10 Å². The number of carbonyl (C=O) groups is 2. The number of anilines is 1. The summed E-state index contributed by atoms with van der Waals surface area (Å²) in [6.45, 7) is 4.20. The molecule has 38 heavy (non-hydrogen) atoms. The van der Waals surface area contributed by atoms with E-state index in [1.54, 1.807) is 4.52 Å². The Bertz CT molecular complexity index is 1470. The molecule has 194 valence electrons. The van der Waals surface area contributed by atoms with E-state index in [4.69, 9.17) is 4.74 Å². The molecule has 1 saturated carbocycles. The summed E-state index contributed by atoms with van der Waals surface area (Å²) < 4.78 is 7.77. The molecule has 4 aromatic rings. The molecule has 0 unspecified atom stereocenters. The van der Waals surface area contributed by atoms with E-state index in [-0.39, 0.29) is 17.7 Å². The van der Waals surface area contributed by atoms with Crippen LogP contribution in [-0.2, 0) is 4.79 Å². The number of para-hydroxylation sites is 1. The van der Waals surface area contributed by atoms with Crippen LogP contribution in [0.1, 0.15) is 41.6 Å². The van der Waals surface area contributed by atoms with Crippen LogP contribution in [0.25, 0.3) is 16.9 Å². The molecular formula is C30H31N5O3. The van der Waals surface area contributed by atoms with Gasteiger partial charge in [0, 0.05) is 30.1 Å². The lowest BCUT2D eigenvalue weighted by atomic mass is 9.97. The average Bonchev–Trinajstić information content (AvgIpc) is 3.72. The smallest absolute Gasteiger partial charge is 0.253 e. The van der Waals surface area contributed by atoms with E-state index in [1.165, 1.54) is 0 Å². The second-order valence-electron chi connectivity index (χ2n) is 10.3. The van der Waals surface area contributed by atoms with E-state index in [9.17, 15) is 9.59 Å². The van der Waals surface area contributed by atoms with Crippen molar-refractivity contribution >= 4 is 23.4 Å². The number of ether oxygens (including phenoxy) is 1. The number of piperidine rings is 1. The van der Waals surface area contributed by atoms with Crippen LogP contribution in [0.5, 0.6) is 5.75 Å². The summed E-state index contributed by atoms with van der Waals surface area (Å²) in [4.78, 5) is 31.7. The summed E-state index contributed by atoms with van der Waals surface area (Å²) in [5.41, 5.74) is 4.23. The Kier molecular flexibility index (Phi) is 6.54. The number of aromatic nitrogens is 3. The summed E-state index contributed by atoms with van der Waals surface area (Å²) in [6, 6.07) is 21.4. The molecule has 1 N–H and O–H groups in total. The molecule has 3 heterocycles. The first kappa shape index (κ1) is 24.2. The summed E-state index contributed by atoms with van der Waals surface area (Å²) in [5.74, 6) is 1.82. The number of rotatable bonds is 7. The van der Waals surface area contributed by atoms with Crippen molar-refractivity contribution in [2.24, 2.45) is 11.8 Å². The molecule has 2 aromatic carbocycles. The minimum atomic E-state index is -0.0202. The molecule has 1 aliphatic heterocycles. The fourth-order valence-electron chi connectivity index (χ4n) is 4.93. The molecule has 0 radical (unpaired) electrons. The first-order chi connectivity index (χ1) is 18.5. The van der Waals surface area contributed by atoms with E-state index in [0.717, 1.165) is 61.3 Å². The van der Waals surface area contributed by atoms with Crippen molar-refractivity contribution in [3.63, 3.8) is 0 Å². The maximum absolute atomic E-state index is 13.2. The summed E-state index contributed by atoms with van der Waals surface area (Å²) in [6.07, 6.45) is 3.72. The predicted octanol–water partition coefficient (Wildman–Crippen LogP) is 4.98. The fourth-order valence-corrected chi connectivity index (χ4v) is 4.93. The second-order valence-corrected chi connectivity index (χ2v) is 10.3. The zero-order valence-electron chi connectivity index (χ0n) is 21.5. The van der Waals surface area contributed by atoms with E-state index in [2.05, 4.69) is 28.4 Å². The number of carbonyl (C=O) groups excluding carboxylic acids is 2. The summed E-state index contributed by atoms with van der Waals surface area (Å²) in [5, 5.41) is 7.32. The molecule has 1 aliphatic carbocycles. The number of amides is 2. The molecule has 8 nitrogen and oxygen atoms in total. The molecule has 2 aromatic heterocycles. The van der Waals surface area contributed by atoms with Crippen LogP contribution >= 0.6 is 0 Å². The van der Waals surface area contributed by atoms with Gasteiger partial charge >= 0.3 is 0 Å². The van der Waals surface area contributed by atoms with E-state index in [1.807, 2.05) is 65.6 Å². The number of nitrogens with one attached hydrogen (secondary N) is 1. The molecule has 2 fully saturated rings. The molecule has 2 amide bonds. The lowest BCUT2D eigenvalue weighted by Crippen LogP contribution is -2.39. The lowest BCUT2D eigenvalue weighted by Gasteiger charge is -2.32. The molecular weight excluding hydrogens is 478 g/mol. The largest absolute Gasteiger partial charge is 0.493 e. The molecule has 6 rings (SSSR count). The monoisotopic (exact) mass is 509 g/mol. The van der Waals surface area contributed by atoms with Crippen molar-refractivity contribution in [2.75, 3.05) is 25.0 Å². The van der Waals surface area contributed by atoms with Crippen molar-refractivity contribution in [1.29, 1.82) is 0 Å². The number of benzene rings is 2. The molecule has 0 spiro atoms. The first-order valence-corrected chi connectivity index (χ1v) is 13.3. The number of aryl methyl sites for hydroxylation is 1. The third-order valence-electron chi connectivity index (χ3n) is 7.44. The van der Waals surface area contributed by atoms with Crippen LogP contribution in [0.15, 0.2) is 66.7 Å². The second kappa shape index (κ2) is 10.3. The highest BCUT2D eigenvalue weighted by Gasteiger charge is 2.30. The third-order valence-corrected chi connectivity index (χ3v) is 7.44. The zero-order valence-corrected chi connectivity index (χ0v) is 21.5. The van der Waals surface area contributed by atoms with E-state index >= 15 is 0 Å². The highest BCUT2D eigenvalue weighted by atomic mass is 16.5. The molecule has 1 saturated heterocycles. The highest BCUT2D eigenvalue weighted by Crippen LogP contribution is 2.30. The molecule has 0 atom stereocenters. The number of nitrogens with zero attached hydrogens (tertiary/aromatic N) is 4. The number of hydrogen-bond donors (Lipinski definition) is 1. The number of fused-ring (bicyclic) bond motifs is 1. The lowest BCUT2D eigenvalue weighted by molar-refractivity contribution is -0.117. The Hall–Kier alpha value is -4.20. The van der Waals surface area contributed by atoms with Gasteiger partial charge in [0.1, 0.15) is 5.75 Å². The topological polar surface area (TPSA) is 88.8 Å². The third kappa shape index (κ3) is 5.11. The van der Waals surface area contributed by atoms with Gasteiger partial charge in [-0.1, -0.05) is 36.4 Å². The normalized spacial score (nSPS) is 16.0. The standard InChI is InChI=1S/C30H31N5O3/c1-20-5-2-3-7-26(20)38-19-21-15-17-34(18-16-21)29(37)24-13-9-22(10-14-24)25-6-4-8-27-31-30(33-35(25)27)32-28(36)23-11-12-23/h2-10,13-14,21,23H,11-12,15-19H2,1H3,(H,32,33,36). The van der Waals surface area contributed by atoms with Crippen molar-refractivity contribution < 1.29 is 14.3 Å². The Morgan fingerprint density at radius 2 is 1.71 bits per heavy atom. The Morgan fingerprint density at radius 3 is 2.45 bits per heavy atom. The van der Waals surface area contributed by atoms with Crippen molar-refractivity contribution in [3.05, 3.63) is 77.9 Å². The number of likely N-dealkylation sites (tertiary alicyclic amines) is 1. The quantitative estimate of drug-likeness (QED) is 0.379. The minimum Gasteiger partial charge on any atom is -0.493 e. The SMILES string of the molecule is Cc1ccccc1OCC1CCN(C(=O)c2ccc(-c3cccc4nc(NC(=O)C5CC5)nn34)cc2)CC1. The van der Waals surface area contributed by atoms with Crippen molar-refractivity contribution in [2.45, 2.75) is 32.6 Å². The first-order valence-electron chi connectivity index (χ1n) is 13.3. The summed E-state index contributed by atoms with van der Waals surface area (Å²) in [7, 11) is 0. The van der Waals surface area contributed by atoms with Crippen LogP contribution in [0.2, 0.25) is 0 Å². The van der Waals surface area contributed by atoms with Gasteiger partial charge in [0.2, 0.25) is 11.9 Å². The molecule has 0 bridgehead atoms. The van der Waals surface area contributed by atoms with Gasteiger partial charge in [0.05, 0.1) is 12.3 Å². The van der Waals surface area contributed by atoms with Crippen LogP contribution in [0, 0.1) is 18.8 Å². The fraction of sp³-hybridized carbons (Fsp3) is 0.333. The van der Waals surface area contributed by atoms with Crippen LogP contribution in [0.4, 0.5) is 5.95 Å². The van der Waals surface area contributed by atoms with Gasteiger partial charge in [-0.2, -0.15) is 4.98 Å². The Morgan fingerprint density at radius 1 is 0.947 bits per heavy atom. The minimum absolute atomic E-state index is 0.0202. The van der Waals surface area contributed by atoms with Crippen molar-refractivity contribution in [1.82, 2.24) is 19.5 Å². The Balaban J connectivity index is 1.08. The maximum Gasteiger partial charge on any atom is 0.253 e. The van der Waals surface area contributed by atoms with Gasteiger partial charge in [0.15, 0.2) is 5.65 Å². The predicted molar refractivity (Wildman–Crippen MR) is 145 cm³/mol. The summed E-state index contributed by atoms with van der Waals surface area (Å²) >= 11 is 0. The Labute approximate surface area is 221 Å². The van der Waals surface area contributed by atoms with Gasteiger partial charge in [-0.3, -0.25) is 14.9 Å². The van der Waals surface area contributed by atoms with Crippen LogP contribution in [0.3, 0.4) is 0 Å². The van der Waals surface area contributed by atoms with E-state index in [0.29, 0.717) is 29.7 Å². The van der Waals surface area contributed by atoms with Gasteiger partial charge in [-0.25, -0.2) is 4.52 Å². The number of hydrogen-bond acceptors (Lipinski definition) is 5. The zero-order chi connectivity index (χ0) is 26.1. The van der Waals surface area contributed by atoms with Crippen LogP contribution in [-0.4, -0.2) is 51.0 Å². The van der Waals surface area contributed by atoms with Gasteiger partial charge < -0.3 is 9.64 Å². The molecule has 2 aliphatic rings. The van der Waals surface area contributed by atoms with Gasteiger partial charge in [0.25, 0.3) is 5.91 Å².